The monoisotopic (exact) mass is 150 g/mol. The Morgan fingerprint density at radius 3 is 2.73 bits per heavy atom. The van der Waals surface area contributed by atoms with Gasteiger partial charge in [-0.1, -0.05) is 12.2 Å². The van der Waals surface area contributed by atoms with Gasteiger partial charge in [0.05, 0.1) is 6.10 Å². The molecule has 0 amide bonds. The lowest BCUT2D eigenvalue weighted by Crippen LogP contribution is -2.25. The van der Waals surface area contributed by atoms with Gasteiger partial charge in [-0.3, -0.25) is 0 Å². The van der Waals surface area contributed by atoms with Crippen molar-refractivity contribution in [3.63, 3.8) is 0 Å². The number of allylic oxidation sites excluding steroid dienone is 1. The Hall–Kier alpha value is -0.300. The summed E-state index contributed by atoms with van der Waals surface area (Å²) in [4.78, 5) is 0. The first-order valence-corrected chi connectivity index (χ1v) is 4.72. The minimum atomic E-state index is -0.102. The molecule has 0 unspecified atom stereocenters. The Kier molecular flexibility index (Phi) is 1.07. The first-order chi connectivity index (χ1) is 5.36. The average Bonchev–Trinajstić information content (AvgIpc) is 2.60. The first-order valence-electron chi connectivity index (χ1n) is 4.72. The fourth-order valence-electron chi connectivity index (χ4n) is 3.54. The summed E-state index contributed by atoms with van der Waals surface area (Å²) >= 11 is 0. The van der Waals surface area contributed by atoms with Crippen LogP contribution in [0.2, 0.25) is 0 Å². The molecule has 1 nitrogen and oxygen atoms in total. The van der Waals surface area contributed by atoms with Crippen molar-refractivity contribution in [1.82, 2.24) is 0 Å². The molecule has 0 saturated heterocycles. The van der Waals surface area contributed by atoms with E-state index >= 15 is 0 Å². The Labute approximate surface area is 67.1 Å². The summed E-state index contributed by atoms with van der Waals surface area (Å²) in [5, 5.41) is 9.63. The number of rotatable bonds is 0. The fourth-order valence-corrected chi connectivity index (χ4v) is 3.54. The Morgan fingerprint density at radius 1 is 1.09 bits per heavy atom. The van der Waals surface area contributed by atoms with Crippen molar-refractivity contribution in [2.75, 3.05) is 0 Å². The van der Waals surface area contributed by atoms with E-state index in [0.717, 1.165) is 17.8 Å². The molecule has 0 aromatic rings. The third kappa shape index (κ3) is 0.652. The van der Waals surface area contributed by atoms with E-state index in [9.17, 15) is 5.11 Å². The smallest absolute Gasteiger partial charge is 0.0757 e. The molecule has 0 aromatic carbocycles. The van der Waals surface area contributed by atoms with Crippen molar-refractivity contribution in [2.24, 2.45) is 23.7 Å². The van der Waals surface area contributed by atoms with Gasteiger partial charge in [0.15, 0.2) is 0 Å². The normalized spacial score (nSPS) is 58.8. The molecule has 11 heavy (non-hydrogen) atoms. The number of aliphatic hydroxyl groups is 1. The van der Waals surface area contributed by atoms with Crippen LogP contribution in [0.4, 0.5) is 0 Å². The minimum absolute atomic E-state index is 0.102. The molecule has 2 fully saturated rings. The van der Waals surface area contributed by atoms with E-state index in [1.54, 1.807) is 0 Å². The SMILES string of the molecule is O[C@@H]1C=C[C@@H]2[C@H]3CC[C@@H](C3)[C@H]21. The zero-order valence-electron chi connectivity index (χ0n) is 6.61. The van der Waals surface area contributed by atoms with Crippen LogP contribution >= 0.6 is 0 Å². The van der Waals surface area contributed by atoms with E-state index in [1.807, 2.05) is 6.08 Å². The van der Waals surface area contributed by atoms with E-state index in [1.165, 1.54) is 19.3 Å². The standard InChI is InChI=1S/C10H14O/c11-9-4-3-8-6-1-2-7(5-6)10(8)9/h3-4,6-11H,1-2,5H2/t6-,7-,8+,9+,10+/m0/s1. The van der Waals surface area contributed by atoms with Crippen LogP contribution in [0.15, 0.2) is 12.2 Å². The summed E-state index contributed by atoms with van der Waals surface area (Å²) in [6.45, 7) is 0. The second-order valence-electron chi connectivity index (χ2n) is 4.36. The van der Waals surface area contributed by atoms with E-state index in [2.05, 4.69) is 6.08 Å². The van der Waals surface area contributed by atoms with Crippen molar-refractivity contribution >= 4 is 0 Å². The summed E-state index contributed by atoms with van der Waals surface area (Å²) in [6.07, 6.45) is 8.37. The maximum Gasteiger partial charge on any atom is 0.0757 e. The van der Waals surface area contributed by atoms with Crippen molar-refractivity contribution in [3.8, 4) is 0 Å². The quantitative estimate of drug-likeness (QED) is 0.520. The third-order valence-corrected chi connectivity index (χ3v) is 3.97. The van der Waals surface area contributed by atoms with E-state index in [-0.39, 0.29) is 6.10 Å². The molecule has 2 saturated carbocycles. The Balaban J connectivity index is 1.96. The first kappa shape index (κ1) is 6.24. The van der Waals surface area contributed by atoms with Gasteiger partial charge in [0.25, 0.3) is 0 Å². The Bertz CT molecular complexity index is 209. The molecule has 5 atom stereocenters. The number of hydrogen-bond donors (Lipinski definition) is 1. The maximum atomic E-state index is 9.63. The summed E-state index contributed by atoms with van der Waals surface area (Å²) in [7, 11) is 0. The van der Waals surface area contributed by atoms with E-state index in [0.29, 0.717) is 5.92 Å². The largest absolute Gasteiger partial charge is 0.389 e. The van der Waals surface area contributed by atoms with E-state index < -0.39 is 0 Å². The van der Waals surface area contributed by atoms with Crippen molar-refractivity contribution in [3.05, 3.63) is 12.2 Å². The Morgan fingerprint density at radius 2 is 1.91 bits per heavy atom. The molecule has 1 heteroatoms. The van der Waals surface area contributed by atoms with Crippen molar-refractivity contribution < 1.29 is 5.11 Å². The molecule has 3 aliphatic carbocycles. The van der Waals surface area contributed by atoms with E-state index in [4.69, 9.17) is 0 Å². The summed E-state index contributed by atoms with van der Waals surface area (Å²) in [5.74, 6) is 3.16. The molecular weight excluding hydrogens is 136 g/mol. The van der Waals surface area contributed by atoms with Gasteiger partial charge in [-0.05, 0) is 42.9 Å². The minimum Gasteiger partial charge on any atom is -0.389 e. The van der Waals surface area contributed by atoms with Gasteiger partial charge in [0, 0.05) is 0 Å². The zero-order valence-corrected chi connectivity index (χ0v) is 6.61. The highest BCUT2D eigenvalue weighted by Gasteiger charge is 2.50. The molecule has 60 valence electrons. The van der Waals surface area contributed by atoms with Crippen LogP contribution < -0.4 is 0 Å². The second-order valence-corrected chi connectivity index (χ2v) is 4.36. The van der Waals surface area contributed by atoms with Crippen LogP contribution in [0.25, 0.3) is 0 Å². The number of aliphatic hydroxyl groups excluding tert-OH is 1. The molecule has 0 spiro atoms. The topological polar surface area (TPSA) is 20.2 Å². The summed E-state index contributed by atoms with van der Waals surface area (Å²) in [6, 6.07) is 0. The second kappa shape index (κ2) is 1.89. The molecular formula is C10H14O. The molecule has 0 heterocycles. The van der Waals surface area contributed by atoms with Gasteiger partial charge in [-0.15, -0.1) is 0 Å². The van der Waals surface area contributed by atoms with Crippen LogP contribution in [0.3, 0.4) is 0 Å². The molecule has 0 aliphatic heterocycles. The highest BCUT2D eigenvalue weighted by Crippen LogP contribution is 2.56. The summed E-state index contributed by atoms with van der Waals surface area (Å²) in [5.41, 5.74) is 0. The third-order valence-electron chi connectivity index (χ3n) is 3.97. The molecule has 3 aliphatic rings. The van der Waals surface area contributed by atoms with Crippen molar-refractivity contribution in [2.45, 2.75) is 25.4 Å². The highest BCUT2D eigenvalue weighted by molar-refractivity contribution is 5.16. The molecule has 0 aromatic heterocycles. The lowest BCUT2D eigenvalue weighted by atomic mass is 9.80. The van der Waals surface area contributed by atoms with Crippen LogP contribution in [0.5, 0.6) is 0 Å². The summed E-state index contributed by atoms with van der Waals surface area (Å²) < 4.78 is 0. The zero-order chi connectivity index (χ0) is 7.42. The average molecular weight is 150 g/mol. The lowest BCUT2D eigenvalue weighted by molar-refractivity contribution is 0.105. The predicted molar refractivity (Wildman–Crippen MR) is 43.0 cm³/mol. The predicted octanol–water partition coefficient (Wildman–Crippen LogP) is 1.58. The number of hydrogen-bond acceptors (Lipinski definition) is 1. The maximum absolute atomic E-state index is 9.63. The van der Waals surface area contributed by atoms with Crippen LogP contribution in [-0.2, 0) is 0 Å². The molecule has 1 N–H and O–H groups in total. The lowest BCUT2D eigenvalue weighted by Gasteiger charge is -2.26. The fraction of sp³-hybridized carbons (Fsp3) is 0.800. The molecule has 2 bridgehead atoms. The highest BCUT2D eigenvalue weighted by atomic mass is 16.3. The van der Waals surface area contributed by atoms with Gasteiger partial charge in [-0.2, -0.15) is 0 Å². The van der Waals surface area contributed by atoms with Gasteiger partial charge in [0.2, 0.25) is 0 Å². The van der Waals surface area contributed by atoms with Crippen LogP contribution in [-0.4, -0.2) is 11.2 Å². The molecule has 0 radical (unpaired) electrons. The van der Waals surface area contributed by atoms with Gasteiger partial charge >= 0.3 is 0 Å². The van der Waals surface area contributed by atoms with Gasteiger partial charge in [-0.25, -0.2) is 0 Å². The van der Waals surface area contributed by atoms with Gasteiger partial charge in [0.1, 0.15) is 0 Å². The van der Waals surface area contributed by atoms with Crippen LogP contribution in [0.1, 0.15) is 19.3 Å². The van der Waals surface area contributed by atoms with Crippen molar-refractivity contribution in [1.29, 1.82) is 0 Å². The molecule has 3 rings (SSSR count). The van der Waals surface area contributed by atoms with Gasteiger partial charge < -0.3 is 5.11 Å². The number of fused-ring (bicyclic) bond motifs is 5. The van der Waals surface area contributed by atoms with Crippen LogP contribution in [0, 0.1) is 23.7 Å².